The monoisotopic (exact) mass is 525 g/mol. The van der Waals surface area contributed by atoms with Crippen molar-refractivity contribution in [2.45, 2.75) is 49.5 Å². The van der Waals surface area contributed by atoms with E-state index in [1.165, 1.54) is 25.3 Å². The smallest absolute Gasteiger partial charge is 0.328 e. The topological polar surface area (TPSA) is 134 Å². The van der Waals surface area contributed by atoms with Crippen LogP contribution in [0.3, 0.4) is 0 Å². The van der Waals surface area contributed by atoms with Crippen LogP contribution >= 0.6 is 11.6 Å². The lowest BCUT2D eigenvalue weighted by Gasteiger charge is -2.22. The van der Waals surface area contributed by atoms with Gasteiger partial charge in [-0.15, -0.1) is 0 Å². The Hall–Kier alpha value is -2.82. The summed E-state index contributed by atoms with van der Waals surface area (Å²) in [6, 6.07) is 10.3. The third-order valence-electron chi connectivity index (χ3n) is 5.51. The number of hydrogen-bond donors (Lipinski definition) is 4. The van der Waals surface area contributed by atoms with Gasteiger partial charge in [0.05, 0.1) is 17.6 Å². The van der Waals surface area contributed by atoms with Crippen LogP contribution in [-0.2, 0) is 16.4 Å². The fourth-order valence-electron chi connectivity index (χ4n) is 3.75. The van der Waals surface area contributed by atoms with E-state index in [-0.39, 0.29) is 16.8 Å². The van der Waals surface area contributed by atoms with Crippen molar-refractivity contribution in [1.82, 2.24) is 15.4 Å². The Morgan fingerprint density at radius 1 is 1.06 bits per heavy atom. The second-order valence-corrected chi connectivity index (χ2v) is 10.0. The molecule has 3 amide bonds. The number of benzene rings is 2. The van der Waals surface area contributed by atoms with Crippen LogP contribution in [0.25, 0.3) is 0 Å². The maximum absolute atomic E-state index is 12.5. The molecule has 0 unspecified atom stereocenters. The summed E-state index contributed by atoms with van der Waals surface area (Å²) in [7, 11) is -1.49. The molecule has 1 aliphatic carbocycles. The van der Waals surface area contributed by atoms with Gasteiger partial charge in [-0.25, -0.2) is 17.9 Å². The van der Waals surface area contributed by atoms with Gasteiger partial charge in [0.1, 0.15) is 5.75 Å². The van der Waals surface area contributed by atoms with Gasteiger partial charge in [0.2, 0.25) is 0 Å². The van der Waals surface area contributed by atoms with Crippen LogP contribution in [-0.4, -0.2) is 52.3 Å². The molecule has 0 radical (unpaired) electrons. The fourth-order valence-corrected chi connectivity index (χ4v) is 4.84. The Morgan fingerprint density at radius 2 is 1.71 bits per heavy atom. The summed E-state index contributed by atoms with van der Waals surface area (Å²) in [5.41, 5.74) is 1.17. The van der Waals surface area contributed by atoms with Gasteiger partial charge < -0.3 is 20.5 Å². The molecule has 9 nitrogen and oxygen atoms in total. The molecule has 4 N–H and O–H groups in total. The Labute approximate surface area is 211 Å². The summed E-state index contributed by atoms with van der Waals surface area (Å²) < 4.78 is 32.2. The number of aliphatic hydroxyl groups excluding tert-OH is 1. The Kier molecular flexibility index (Phi) is 11.3. The second-order valence-electron chi connectivity index (χ2n) is 7.91. The van der Waals surface area contributed by atoms with Crippen molar-refractivity contribution in [2.75, 3.05) is 20.8 Å². The molecule has 1 aliphatic rings. The number of hydrogen-bond acceptors (Lipinski definition) is 6. The number of sulfonamides is 1. The molecule has 0 heterocycles. The summed E-state index contributed by atoms with van der Waals surface area (Å²) in [5.74, 6) is 0.105. The van der Waals surface area contributed by atoms with E-state index in [2.05, 4.69) is 15.4 Å². The second kappa shape index (κ2) is 13.9. The van der Waals surface area contributed by atoms with Crippen LogP contribution in [0.1, 0.15) is 48.0 Å². The average Bonchev–Trinajstić information content (AvgIpc) is 2.85. The summed E-state index contributed by atoms with van der Waals surface area (Å²) in [6.07, 6.45) is 5.43. The molecule has 2 aromatic carbocycles. The standard InChI is InChI=1S/C23H28ClN3O5S.CH4O/c1-32-21-12-9-17(24)15-20(21)22(28)25-14-13-16-7-10-19(11-8-16)33(30,31)27-23(29)26-18-5-3-2-4-6-18;1-2/h7-12,15,18H,2-6,13-14H2,1H3,(H,25,28)(H2,26,27,29);2H,1H3. The number of halogens is 1. The lowest BCUT2D eigenvalue weighted by Crippen LogP contribution is -2.45. The molecule has 11 heteroatoms. The van der Waals surface area contributed by atoms with Gasteiger partial charge in [-0.05, 0) is 55.2 Å². The van der Waals surface area contributed by atoms with E-state index in [9.17, 15) is 18.0 Å². The number of carbonyl (C=O) groups excluding carboxylic acids is 2. The SMILES string of the molecule is CO.COc1ccc(Cl)cc1C(=O)NCCc1ccc(S(=O)(=O)NC(=O)NC2CCCCC2)cc1. The zero-order valence-corrected chi connectivity index (χ0v) is 21.4. The Morgan fingerprint density at radius 3 is 2.34 bits per heavy atom. The highest BCUT2D eigenvalue weighted by Crippen LogP contribution is 2.22. The zero-order valence-electron chi connectivity index (χ0n) is 19.8. The number of amides is 3. The number of methoxy groups -OCH3 is 1. The lowest BCUT2D eigenvalue weighted by atomic mass is 9.96. The van der Waals surface area contributed by atoms with Gasteiger partial charge in [0, 0.05) is 24.7 Å². The highest BCUT2D eigenvalue weighted by atomic mass is 35.5. The number of rotatable bonds is 8. The minimum Gasteiger partial charge on any atom is -0.496 e. The number of urea groups is 1. The highest BCUT2D eigenvalue weighted by Gasteiger charge is 2.21. The van der Waals surface area contributed by atoms with Gasteiger partial charge >= 0.3 is 6.03 Å². The quantitative estimate of drug-likeness (QED) is 0.418. The fraction of sp³-hybridized carbons (Fsp3) is 0.417. The molecule has 0 spiro atoms. The minimum atomic E-state index is -3.97. The molecule has 192 valence electrons. The van der Waals surface area contributed by atoms with Crippen molar-refractivity contribution in [2.24, 2.45) is 0 Å². The molecule has 0 saturated heterocycles. The van der Waals surface area contributed by atoms with Crippen LogP contribution in [0.15, 0.2) is 47.4 Å². The molecule has 35 heavy (non-hydrogen) atoms. The average molecular weight is 526 g/mol. The van der Waals surface area contributed by atoms with Crippen molar-refractivity contribution in [3.05, 3.63) is 58.6 Å². The zero-order chi connectivity index (χ0) is 25.8. The first-order chi connectivity index (χ1) is 16.8. The van der Waals surface area contributed by atoms with Crippen molar-refractivity contribution in [3.63, 3.8) is 0 Å². The molecular weight excluding hydrogens is 494 g/mol. The van der Waals surface area contributed by atoms with E-state index in [0.29, 0.717) is 29.3 Å². The van der Waals surface area contributed by atoms with E-state index in [1.54, 1.807) is 24.3 Å². The summed E-state index contributed by atoms with van der Waals surface area (Å²) in [6.45, 7) is 0.336. The molecule has 1 saturated carbocycles. The summed E-state index contributed by atoms with van der Waals surface area (Å²) >= 11 is 5.96. The van der Waals surface area contributed by atoms with Gasteiger partial charge in [-0.3, -0.25) is 4.79 Å². The Bertz CT molecular complexity index is 1090. The predicted octanol–water partition coefficient (Wildman–Crippen LogP) is 3.25. The maximum atomic E-state index is 12.5. The van der Waals surface area contributed by atoms with Gasteiger partial charge in [0.25, 0.3) is 15.9 Å². The molecular formula is C24H32ClN3O6S. The molecule has 1 fully saturated rings. The van der Waals surface area contributed by atoms with Crippen LogP contribution in [0.5, 0.6) is 5.75 Å². The summed E-state index contributed by atoms with van der Waals surface area (Å²) in [5, 5.41) is 13.0. The van der Waals surface area contributed by atoms with Crippen LogP contribution < -0.4 is 20.1 Å². The first-order valence-electron chi connectivity index (χ1n) is 11.3. The highest BCUT2D eigenvalue weighted by molar-refractivity contribution is 7.90. The van der Waals surface area contributed by atoms with Gasteiger partial charge in [0.15, 0.2) is 0 Å². The molecule has 0 atom stereocenters. The molecule has 2 aromatic rings. The maximum Gasteiger partial charge on any atom is 0.328 e. The van der Waals surface area contributed by atoms with E-state index in [1.807, 2.05) is 0 Å². The molecule has 0 aromatic heterocycles. The number of nitrogens with one attached hydrogen (secondary N) is 3. The van der Waals surface area contributed by atoms with Gasteiger partial charge in [-0.1, -0.05) is 43.0 Å². The normalized spacial score (nSPS) is 13.7. The number of carbonyl (C=O) groups is 2. The van der Waals surface area contributed by atoms with Crippen LogP contribution in [0.4, 0.5) is 4.79 Å². The first-order valence-corrected chi connectivity index (χ1v) is 13.1. The van der Waals surface area contributed by atoms with Crippen molar-refractivity contribution < 1.29 is 27.9 Å². The summed E-state index contributed by atoms with van der Waals surface area (Å²) in [4.78, 5) is 24.5. The minimum absolute atomic E-state index is 0.00209. The van der Waals surface area contributed by atoms with E-state index in [0.717, 1.165) is 44.8 Å². The van der Waals surface area contributed by atoms with Crippen molar-refractivity contribution in [3.8, 4) is 5.75 Å². The first kappa shape index (κ1) is 28.4. The largest absolute Gasteiger partial charge is 0.496 e. The number of ether oxygens (including phenoxy) is 1. The van der Waals surface area contributed by atoms with Crippen molar-refractivity contribution in [1.29, 1.82) is 0 Å². The van der Waals surface area contributed by atoms with E-state index < -0.39 is 16.1 Å². The third-order valence-corrected chi connectivity index (χ3v) is 7.09. The molecule has 0 aliphatic heterocycles. The van der Waals surface area contributed by atoms with Gasteiger partial charge in [-0.2, -0.15) is 0 Å². The molecule has 0 bridgehead atoms. The van der Waals surface area contributed by atoms with E-state index in [4.69, 9.17) is 21.4 Å². The third kappa shape index (κ3) is 8.72. The Balaban J connectivity index is 0.00000210. The molecule has 3 rings (SSSR count). The van der Waals surface area contributed by atoms with E-state index >= 15 is 0 Å². The predicted molar refractivity (Wildman–Crippen MR) is 134 cm³/mol. The van der Waals surface area contributed by atoms with Crippen LogP contribution in [0.2, 0.25) is 5.02 Å². The van der Waals surface area contributed by atoms with Crippen LogP contribution in [0, 0.1) is 0 Å². The lowest BCUT2D eigenvalue weighted by molar-refractivity contribution is 0.0951. The van der Waals surface area contributed by atoms with Crippen molar-refractivity contribution >= 4 is 33.6 Å². The number of aliphatic hydroxyl groups is 1.